The number of rotatable bonds is 7. The van der Waals surface area contributed by atoms with Crippen LogP contribution in [0.4, 0.5) is 5.69 Å². The average Bonchev–Trinajstić information content (AvgIpc) is 3.36. The number of aromatic nitrogens is 2. The van der Waals surface area contributed by atoms with Crippen molar-refractivity contribution in [2.75, 3.05) is 31.1 Å². The fourth-order valence-corrected chi connectivity index (χ4v) is 5.35. The van der Waals surface area contributed by atoms with Gasteiger partial charge >= 0.3 is 0 Å². The van der Waals surface area contributed by atoms with Crippen molar-refractivity contribution in [1.29, 1.82) is 0 Å². The lowest BCUT2D eigenvalue weighted by Gasteiger charge is -2.33. The van der Waals surface area contributed by atoms with Gasteiger partial charge < -0.3 is 14.7 Å². The number of likely N-dealkylation sites (tertiary alicyclic amines) is 1. The van der Waals surface area contributed by atoms with Crippen molar-refractivity contribution in [2.45, 2.75) is 45.7 Å². The third-order valence-electron chi connectivity index (χ3n) is 7.23. The number of hydrogen-bond acceptors (Lipinski definition) is 6. The minimum atomic E-state index is -0.0356. The highest BCUT2D eigenvalue weighted by atomic mass is 35.5. The molecule has 36 heavy (non-hydrogen) atoms. The molecule has 0 spiro atoms. The number of carbonyl (C=O) groups is 1. The molecule has 2 aromatic carbocycles. The van der Waals surface area contributed by atoms with E-state index in [1.165, 1.54) is 18.5 Å². The van der Waals surface area contributed by atoms with Crippen molar-refractivity contribution < 1.29 is 9.32 Å². The number of nitrogens with zero attached hydrogens (tertiary/aromatic N) is 4. The zero-order valence-corrected chi connectivity index (χ0v) is 21.6. The molecule has 0 aliphatic carbocycles. The highest BCUT2D eigenvalue weighted by Crippen LogP contribution is 2.24. The Morgan fingerprint density at radius 2 is 1.83 bits per heavy atom. The molecule has 2 fully saturated rings. The second-order valence-electron chi connectivity index (χ2n) is 10.2. The summed E-state index contributed by atoms with van der Waals surface area (Å²) in [6.45, 7) is 7.28. The molecule has 0 bridgehead atoms. The van der Waals surface area contributed by atoms with Crippen LogP contribution in [0.2, 0.25) is 5.02 Å². The standard InChI is InChI=1S/C28H34ClN5O2/c1-20-4-2-15-34(17-20)25-12-6-21(7-13-25)16-30-28(35)23-5-3-14-33(18-23)19-26-31-27(32-36-26)22-8-10-24(29)11-9-22/h6-13,20,23H,2-5,14-19H2,1H3,(H,30,35). The Morgan fingerprint density at radius 1 is 1.06 bits per heavy atom. The highest BCUT2D eigenvalue weighted by Gasteiger charge is 2.27. The molecule has 2 aliphatic heterocycles. The Kier molecular flexibility index (Phi) is 7.87. The van der Waals surface area contributed by atoms with Crippen molar-refractivity contribution in [2.24, 2.45) is 11.8 Å². The molecule has 1 amide bonds. The first-order valence-electron chi connectivity index (χ1n) is 13.0. The summed E-state index contributed by atoms with van der Waals surface area (Å²) in [6.07, 6.45) is 4.44. The topological polar surface area (TPSA) is 74.5 Å². The van der Waals surface area contributed by atoms with Crippen molar-refractivity contribution >= 4 is 23.2 Å². The molecule has 0 radical (unpaired) electrons. The van der Waals surface area contributed by atoms with E-state index in [9.17, 15) is 4.79 Å². The first-order chi connectivity index (χ1) is 17.5. The predicted octanol–water partition coefficient (Wildman–Crippen LogP) is 5.15. The van der Waals surface area contributed by atoms with Gasteiger partial charge in [0.2, 0.25) is 17.6 Å². The van der Waals surface area contributed by atoms with E-state index in [4.69, 9.17) is 16.1 Å². The fraction of sp³-hybridized carbons (Fsp3) is 0.464. The summed E-state index contributed by atoms with van der Waals surface area (Å²) in [5, 5.41) is 7.92. The maximum atomic E-state index is 12.9. The lowest BCUT2D eigenvalue weighted by molar-refractivity contribution is -0.127. The van der Waals surface area contributed by atoms with E-state index in [-0.39, 0.29) is 11.8 Å². The van der Waals surface area contributed by atoms with Crippen LogP contribution in [0.25, 0.3) is 11.4 Å². The maximum Gasteiger partial charge on any atom is 0.241 e. The van der Waals surface area contributed by atoms with Crippen LogP contribution >= 0.6 is 11.6 Å². The van der Waals surface area contributed by atoms with Gasteiger partial charge in [-0.25, -0.2) is 0 Å². The Labute approximate surface area is 217 Å². The van der Waals surface area contributed by atoms with Gasteiger partial charge in [0.25, 0.3) is 0 Å². The summed E-state index contributed by atoms with van der Waals surface area (Å²) in [4.78, 5) is 22.1. The zero-order valence-electron chi connectivity index (χ0n) is 20.8. The van der Waals surface area contributed by atoms with E-state index in [1.54, 1.807) is 0 Å². The molecule has 2 saturated heterocycles. The summed E-state index contributed by atoms with van der Waals surface area (Å²) >= 11 is 5.96. The SMILES string of the molecule is CC1CCCN(c2ccc(CNC(=O)C3CCCN(Cc4nc(-c5ccc(Cl)cc5)no4)C3)cc2)C1. The quantitative estimate of drug-likeness (QED) is 0.476. The molecule has 1 aromatic heterocycles. The number of nitrogens with one attached hydrogen (secondary N) is 1. The maximum absolute atomic E-state index is 12.9. The first kappa shape index (κ1) is 24.8. The largest absolute Gasteiger partial charge is 0.371 e. The molecule has 2 unspecified atom stereocenters. The second kappa shape index (κ2) is 11.4. The fourth-order valence-electron chi connectivity index (χ4n) is 5.22. The summed E-state index contributed by atoms with van der Waals surface area (Å²) in [7, 11) is 0. The number of benzene rings is 2. The van der Waals surface area contributed by atoms with Gasteiger partial charge in [0.1, 0.15) is 0 Å². The summed E-state index contributed by atoms with van der Waals surface area (Å²) in [6, 6.07) is 16.0. The van der Waals surface area contributed by atoms with Gasteiger partial charge in [0, 0.05) is 42.5 Å². The van der Waals surface area contributed by atoms with Crippen molar-refractivity contribution in [1.82, 2.24) is 20.4 Å². The van der Waals surface area contributed by atoms with Crippen LogP contribution < -0.4 is 10.2 Å². The molecule has 0 saturated carbocycles. The molecule has 5 rings (SSSR count). The smallest absolute Gasteiger partial charge is 0.241 e. The van der Waals surface area contributed by atoms with E-state index in [0.717, 1.165) is 49.5 Å². The number of hydrogen-bond donors (Lipinski definition) is 1. The lowest BCUT2D eigenvalue weighted by atomic mass is 9.97. The Bertz CT molecular complexity index is 1150. The van der Waals surface area contributed by atoms with Gasteiger partial charge in [-0.2, -0.15) is 4.98 Å². The van der Waals surface area contributed by atoms with Crippen molar-refractivity contribution in [3.63, 3.8) is 0 Å². The summed E-state index contributed by atoms with van der Waals surface area (Å²) < 4.78 is 5.47. The third kappa shape index (κ3) is 6.26. The van der Waals surface area contributed by atoms with E-state index >= 15 is 0 Å². The molecule has 7 nitrogen and oxygen atoms in total. The minimum absolute atomic E-state index is 0.0356. The van der Waals surface area contributed by atoms with E-state index in [0.29, 0.717) is 36.4 Å². The molecule has 3 aromatic rings. The van der Waals surface area contributed by atoms with Gasteiger partial charge in [-0.1, -0.05) is 35.8 Å². The summed E-state index contributed by atoms with van der Waals surface area (Å²) in [5.74, 6) is 1.93. The second-order valence-corrected chi connectivity index (χ2v) is 10.6. The molecular formula is C28H34ClN5O2. The van der Waals surface area contributed by atoms with Gasteiger partial charge in [-0.05, 0) is 80.1 Å². The van der Waals surface area contributed by atoms with Crippen LogP contribution in [-0.2, 0) is 17.9 Å². The van der Waals surface area contributed by atoms with Gasteiger partial charge in [0.15, 0.2) is 0 Å². The molecule has 2 atom stereocenters. The van der Waals surface area contributed by atoms with E-state index in [2.05, 4.69) is 56.4 Å². The number of amides is 1. The van der Waals surface area contributed by atoms with Crippen LogP contribution in [-0.4, -0.2) is 47.1 Å². The zero-order chi connectivity index (χ0) is 24.9. The molecular weight excluding hydrogens is 474 g/mol. The number of piperidine rings is 2. The van der Waals surface area contributed by atoms with Crippen LogP contribution in [0.3, 0.4) is 0 Å². The average molecular weight is 508 g/mol. The molecule has 1 N–H and O–H groups in total. The van der Waals surface area contributed by atoms with Crippen LogP contribution in [0, 0.1) is 11.8 Å². The first-order valence-corrected chi connectivity index (χ1v) is 13.3. The summed E-state index contributed by atoms with van der Waals surface area (Å²) in [5.41, 5.74) is 3.27. The third-order valence-corrected chi connectivity index (χ3v) is 7.48. The van der Waals surface area contributed by atoms with Gasteiger partial charge in [-0.15, -0.1) is 0 Å². The van der Waals surface area contributed by atoms with Gasteiger partial charge in [-0.3, -0.25) is 9.69 Å². The molecule has 3 heterocycles. The number of carbonyl (C=O) groups excluding carboxylic acids is 1. The van der Waals surface area contributed by atoms with Crippen LogP contribution in [0.1, 0.15) is 44.1 Å². The molecule has 8 heteroatoms. The minimum Gasteiger partial charge on any atom is -0.371 e. The number of halogens is 1. The lowest BCUT2D eigenvalue weighted by Crippen LogP contribution is -2.42. The monoisotopic (exact) mass is 507 g/mol. The molecule has 2 aliphatic rings. The van der Waals surface area contributed by atoms with E-state index < -0.39 is 0 Å². The van der Waals surface area contributed by atoms with Crippen molar-refractivity contribution in [3.8, 4) is 11.4 Å². The Hall–Kier alpha value is -2.90. The Balaban J connectivity index is 1.10. The normalized spacial score (nSPS) is 20.9. The predicted molar refractivity (Wildman–Crippen MR) is 142 cm³/mol. The highest BCUT2D eigenvalue weighted by molar-refractivity contribution is 6.30. The van der Waals surface area contributed by atoms with Crippen LogP contribution in [0.5, 0.6) is 0 Å². The van der Waals surface area contributed by atoms with Crippen LogP contribution in [0.15, 0.2) is 53.1 Å². The Morgan fingerprint density at radius 3 is 2.61 bits per heavy atom. The van der Waals surface area contributed by atoms with E-state index in [1.807, 2.05) is 24.3 Å². The number of anilines is 1. The van der Waals surface area contributed by atoms with Gasteiger partial charge in [0.05, 0.1) is 12.5 Å². The molecule has 190 valence electrons. The van der Waals surface area contributed by atoms with Crippen molar-refractivity contribution in [3.05, 3.63) is 65.0 Å².